The molecule has 2 saturated heterocycles. The number of carbonyl (C=O) groups excluding carboxylic acids is 2. The van der Waals surface area contributed by atoms with E-state index in [4.69, 9.17) is 4.74 Å². The summed E-state index contributed by atoms with van der Waals surface area (Å²) in [7, 11) is 2.12. The number of benzene rings is 1. The highest BCUT2D eigenvalue weighted by Crippen LogP contribution is 2.41. The minimum absolute atomic E-state index is 0.130. The van der Waals surface area contributed by atoms with Crippen LogP contribution in [0.1, 0.15) is 40.0 Å². The summed E-state index contributed by atoms with van der Waals surface area (Å²) in [5.41, 5.74) is 3.74. The number of nitrogens with one attached hydrogen (secondary N) is 3. The lowest BCUT2D eigenvalue weighted by atomic mass is 9.82. The number of amides is 1. The lowest BCUT2D eigenvalue weighted by molar-refractivity contribution is 0.0188. The first-order valence-corrected chi connectivity index (χ1v) is 14.2. The van der Waals surface area contributed by atoms with Crippen LogP contribution < -0.4 is 20.3 Å². The van der Waals surface area contributed by atoms with Crippen LogP contribution in [0.15, 0.2) is 55.0 Å². The number of carbonyl (C=O) groups is 2. The van der Waals surface area contributed by atoms with E-state index in [-0.39, 0.29) is 11.7 Å². The molecule has 10 nitrogen and oxygen atoms in total. The van der Waals surface area contributed by atoms with Crippen molar-refractivity contribution in [2.45, 2.75) is 24.9 Å². The molecule has 0 bridgehead atoms. The molecule has 0 aliphatic carbocycles. The van der Waals surface area contributed by atoms with Crippen molar-refractivity contribution in [2.24, 2.45) is 0 Å². The maximum Gasteiger partial charge on any atom is 0.257 e. The van der Waals surface area contributed by atoms with Crippen molar-refractivity contribution in [1.82, 2.24) is 25.2 Å². The Hall–Kier alpha value is -4.28. The fraction of sp³-hybridized carbons (Fsp3) is 0.355. The molecule has 10 heteroatoms. The van der Waals surface area contributed by atoms with Gasteiger partial charge in [0.2, 0.25) is 0 Å². The number of piperidine rings is 1. The van der Waals surface area contributed by atoms with Crippen molar-refractivity contribution in [2.75, 3.05) is 56.5 Å². The number of piperazine rings is 1. The van der Waals surface area contributed by atoms with Gasteiger partial charge in [-0.05, 0) is 56.0 Å². The third-order valence-electron chi connectivity index (χ3n) is 8.54. The van der Waals surface area contributed by atoms with E-state index in [1.165, 1.54) is 0 Å². The van der Waals surface area contributed by atoms with Crippen molar-refractivity contribution in [3.8, 4) is 16.9 Å². The van der Waals surface area contributed by atoms with Crippen molar-refractivity contribution >= 4 is 34.2 Å². The van der Waals surface area contributed by atoms with E-state index in [2.05, 4.69) is 42.4 Å². The Morgan fingerprint density at radius 1 is 1.00 bits per heavy atom. The zero-order chi connectivity index (χ0) is 28.0. The van der Waals surface area contributed by atoms with Gasteiger partial charge in [0.15, 0.2) is 5.78 Å². The van der Waals surface area contributed by atoms with Gasteiger partial charge in [-0.15, -0.1) is 0 Å². The van der Waals surface area contributed by atoms with Crippen molar-refractivity contribution in [3.63, 3.8) is 0 Å². The van der Waals surface area contributed by atoms with Crippen LogP contribution in [0, 0.1) is 0 Å². The van der Waals surface area contributed by atoms with Gasteiger partial charge in [-0.25, -0.2) is 9.97 Å². The Morgan fingerprint density at radius 3 is 2.61 bits per heavy atom. The Morgan fingerprint density at radius 2 is 1.83 bits per heavy atom. The van der Waals surface area contributed by atoms with Crippen LogP contribution in [0.2, 0.25) is 0 Å². The second-order valence-electron chi connectivity index (χ2n) is 11.3. The SMILES string of the molecule is CN1CCN(c2ccc(NC(=O)c3cnc4[nH]cc(-c5ccc6c(c5)OC5(CCNCC5)CC6=O)c4c3)cn2)CC1. The lowest BCUT2D eigenvalue weighted by Gasteiger charge is -2.41. The van der Waals surface area contributed by atoms with Gasteiger partial charge >= 0.3 is 0 Å². The van der Waals surface area contributed by atoms with Gasteiger partial charge in [0.25, 0.3) is 5.91 Å². The van der Waals surface area contributed by atoms with E-state index < -0.39 is 5.60 Å². The third kappa shape index (κ3) is 4.93. The standard InChI is InChI=1S/C31H33N7O3/c1-37-10-12-38(13-11-37)28-5-3-22(18-33-28)36-30(40)21-14-24-25(19-35-29(24)34-17-21)20-2-4-23-26(39)16-31(41-27(23)15-20)6-8-32-9-7-31/h2-5,14-15,17-19,32H,6-13,16H2,1H3,(H,34,35)(H,36,40). The van der Waals surface area contributed by atoms with E-state index in [1.807, 2.05) is 42.6 Å². The molecule has 1 aromatic carbocycles. The molecule has 2 fully saturated rings. The van der Waals surface area contributed by atoms with Gasteiger partial charge in [-0.1, -0.05) is 6.07 Å². The molecule has 3 aromatic heterocycles. The van der Waals surface area contributed by atoms with Crippen LogP contribution in [0.5, 0.6) is 5.75 Å². The van der Waals surface area contributed by atoms with Gasteiger partial charge in [0.05, 0.1) is 29.4 Å². The van der Waals surface area contributed by atoms with Gasteiger partial charge in [-0.2, -0.15) is 0 Å². The highest BCUT2D eigenvalue weighted by Gasteiger charge is 2.41. The molecule has 6 heterocycles. The number of aromatic nitrogens is 3. The fourth-order valence-corrected chi connectivity index (χ4v) is 6.08. The number of hydrogen-bond donors (Lipinski definition) is 3. The monoisotopic (exact) mass is 551 g/mol. The van der Waals surface area contributed by atoms with Crippen LogP contribution in [0.3, 0.4) is 0 Å². The number of H-pyrrole nitrogens is 1. The maximum atomic E-state index is 13.2. The number of hydrogen-bond acceptors (Lipinski definition) is 8. The summed E-state index contributed by atoms with van der Waals surface area (Å²) < 4.78 is 6.50. The summed E-state index contributed by atoms with van der Waals surface area (Å²) >= 11 is 0. The van der Waals surface area contributed by atoms with Gasteiger partial charge in [0, 0.05) is 62.4 Å². The molecule has 1 amide bonds. The molecule has 210 valence electrons. The number of likely N-dealkylation sites (N-methyl/N-ethyl adjacent to an activating group) is 1. The van der Waals surface area contributed by atoms with Crippen molar-refractivity contribution < 1.29 is 14.3 Å². The summed E-state index contributed by atoms with van der Waals surface area (Å²) in [6, 6.07) is 11.4. The number of aromatic amines is 1. The number of ketones is 1. The molecule has 41 heavy (non-hydrogen) atoms. The Bertz CT molecular complexity index is 1620. The van der Waals surface area contributed by atoms with Crippen LogP contribution in [0.25, 0.3) is 22.2 Å². The van der Waals surface area contributed by atoms with E-state index in [1.54, 1.807) is 12.4 Å². The zero-order valence-corrected chi connectivity index (χ0v) is 23.1. The first kappa shape index (κ1) is 25.7. The third-order valence-corrected chi connectivity index (χ3v) is 8.54. The van der Waals surface area contributed by atoms with E-state index in [0.717, 1.165) is 74.4 Å². The van der Waals surface area contributed by atoms with Crippen LogP contribution >= 0.6 is 0 Å². The molecule has 3 aliphatic rings. The van der Waals surface area contributed by atoms with E-state index >= 15 is 0 Å². The molecular formula is C31H33N7O3. The van der Waals surface area contributed by atoms with E-state index in [0.29, 0.717) is 34.6 Å². The summed E-state index contributed by atoms with van der Waals surface area (Å²) in [6.45, 7) is 5.57. The number of fused-ring (bicyclic) bond motifs is 2. The van der Waals surface area contributed by atoms with Crippen LogP contribution in [0.4, 0.5) is 11.5 Å². The Balaban J connectivity index is 1.12. The number of anilines is 2. The molecule has 0 atom stereocenters. The molecule has 7 rings (SSSR count). The molecule has 0 unspecified atom stereocenters. The predicted molar refractivity (Wildman–Crippen MR) is 158 cm³/mol. The molecule has 0 saturated carbocycles. The Kier molecular flexibility index (Phi) is 6.44. The molecule has 3 aliphatic heterocycles. The summed E-state index contributed by atoms with van der Waals surface area (Å²) in [6.07, 6.45) is 7.19. The number of ether oxygens (including phenoxy) is 1. The second-order valence-corrected chi connectivity index (χ2v) is 11.3. The first-order chi connectivity index (χ1) is 20.0. The fourth-order valence-electron chi connectivity index (χ4n) is 6.08. The topological polar surface area (TPSA) is 115 Å². The Labute approximate surface area is 238 Å². The number of rotatable bonds is 4. The lowest BCUT2D eigenvalue weighted by Crippen LogP contribution is -2.49. The van der Waals surface area contributed by atoms with Crippen molar-refractivity contribution in [1.29, 1.82) is 0 Å². The average molecular weight is 552 g/mol. The highest BCUT2D eigenvalue weighted by atomic mass is 16.5. The zero-order valence-electron chi connectivity index (χ0n) is 23.1. The summed E-state index contributed by atoms with van der Waals surface area (Å²) in [5, 5.41) is 7.12. The van der Waals surface area contributed by atoms with Gasteiger partial charge in [-0.3, -0.25) is 9.59 Å². The number of Topliss-reactive ketones (excluding diaryl/α,β-unsaturated/α-hetero) is 1. The van der Waals surface area contributed by atoms with Crippen LogP contribution in [-0.2, 0) is 0 Å². The maximum absolute atomic E-state index is 13.2. The number of pyridine rings is 2. The van der Waals surface area contributed by atoms with Crippen molar-refractivity contribution in [3.05, 3.63) is 66.1 Å². The molecule has 1 spiro atoms. The minimum atomic E-state index is -0.432. The average Bonchev–Trinajstić information content (AvgIpc) is 3.41. The largest absolute Gasteiger partial charge is 0.486 e. The molecule has 0 radical (unpaired) electrons. The van der Waals surface area contributed by atoms with Gasteiger partial charge < -0.3 is 30.2 Å². The van der Waals surface area contributed by atoms with Crippen LogP contribution in [-0.4, -0.2) is 83.5 Å². The van der Waals surface area contributed by atoms with E-state index in [9.17, 15) is 9.59 Å². The smallest absolute Gasteiger partial charge is 0.257 e. The second kappa shape index (κ2) is 10.3. The summed E-state index contributed by atoms with van der Waals surface area (Å²) in [5.74, 6) is 1.42. The first-order valence-electron chi connectivity index (χ1n) is 14.2. The molecular weight excluding hydrogens is 518 g/mol. The minimum Gasteiger partial charge on any atom is -0.486 e. The molecule has 3 N–H and O–H groups in total. The van der Waals surface area contributed by atoms with Gasteiger partial charge in [0.1, 0.15) is 22.8 Å². The predicted octanol–water partition coefficient (Wildman–Crippen LogP) is 3.72. The normalized spacial score (nSPS) is 18.8. The summed E-state index contributed by atoms with van der Waals surface area (Å²) in [4.78, 5) is 43.0. The number of nitrogens with zero attached hydrogens (tertiary/aromatic N) is 4. The highest BCUT2D eigenvalue weighted by molar-refractivity contribution is 6.07. The quantitative estimate of drug-likeness (QED) is 0.352. The molecule has 4 aromatic rings.